The van der Waals surface area contributed by atoms with E-state index >= 15 is 0 Å². The lowest BCUT2D eigenvalue weighted by molar-refractivity contribution is -0.137. The number of carbonyl (C=O) groups is 3. The Kier molecular flexibility index (Phi) is 8.35. The quantitative estimate of drug-likeness (QED) is 0.610. The molecule has 0 saturated carbocycles. The van der Waals surface area contributed by atoms with E-state index in [1.165, 1.54) is 11.9 Å². The van der Waals surface area contributed by atoms with Crippen LogP contribution in [0.1, 0.15) is 33.6 Å². The molecule has 1 atom stereocenters. The molecule has 0 bridgehead atoms. The monoisotopic (exact) mass is 287 g/mol. The van der Waals surface area contributed by atoms with Crippen molar-refractivity contribution < 1.29 is 19.5 Å². The van der Waals surface area contributed by atoms with Gasteiger partial charge in [0.15, 0.2) is 0 Å². The Labute approximate surface area is 119 Å². The molecule has 116 valence electrons. The van der Waals surface area contributed by atoms with Crippen LogP contribution in [0.2, 0.25) is 0 Å². The number of carbonyl (C=O) groups excluding carboxylic acids is 2. The van der Waals surface area contributed by atoms with Gasteiger partial charge in [0.1, 0.15) is 6.54 Å². The predicted octanol–water partition coefficient (Wildman–Crippen LogP) is 0.653. The number of urea groups is 1. The van der Waals surface area contributed by atoms with Crippen LogP contribution in [0, 0.1) is 5.92 Å². The molecule has 0 aliphatic rings. The van der Waals surface area contributed by atoms with Crippen molar-refractivity contribution in [2.24, 2.45) is 5.92 Å². The summed E-state index contributed by atoms with van der Waals surface area (Å²) in [5, 5.41) is 13.9. The van der Waals surface area contributed by atoms with Crippen molar-refractivity contribution in [3.05, 3.63) is 0 Å². The largest absolute Gasteiger partial charge is 0.481 e. The van der Waals surface area contributed by atoms with E-state index in [9.17, 15) is 14.4 Å². The third-order valence-corrected chi connectivity index (χ3v) is 2.63. The predicted molar refractivity (Wildman–Crippen MR) is 75.3 cm³/mol. The first kappa shape index (κ1) is 18.2. The van der Waals surface area contributed by atoms with Crippen LogP contribution in [-0.2, 0) is 9.59 Å². The van der Waals surface area contributed by atoms with Gasteiger partial charge in [0.05, 0.1) is 0 Å². The number of aliphatic carboxylic acids is 1. The average molecular weight is 287 g/mol. The maximum Gasteiger partial charge on any atom is 0.317 e. The van der Waals surface area contributed by atoms with Crippen molar-refractivity contribution in [1.29, 1.82) is 0 Å². The van der Waals surface area contributed by atoms with Gasteiger partial charge in [-0.15, -0.1) is 0 Å². The van der Waals surface area contributed by atoms with E-state index in [0.717, 1.165) is 0 Å². The second kappa shape index (κ2) is 9.17. The first-order chi connectivity index (χ1) is 9.22. The van der Waals surface area contributed by atoms with Crippen LogP contribution >= 0.6 is 0 Å². The van der Waals surface area contributed by atoms with Gasteiger partial charge in [0, 0.05) is 26.1 Å². The Hall–Kier alpha value is -1.79. The van der Waals surface area contributed by atoms with E-state index in [1.807, 2.05) is 20.8 Å². The standard InChI is InChI=1S/C13H25N3O4/c1-9(2)15-11(17)8-16(4)13(20)14-7-10(3)5-6-12(18)19/h9-10H,5-8H2,1-4H3,(H,14,20)(H,15,17)(H,18,19). The normalized spacial score (nSPS) is 11.8. The molecule has 0 radical (unpaired) electrons. The highest BCUT2D eigenvalue weighted by molar-refractivity contribution is 5.83. The van der Waals surface area contributed by atoms with Crippen LogP contribution < -0.4 is 10.6 Å². The van der Waals surface area contributed by atoms with Crippen LogP contribution in [0.3, 0.4) is 0 Å². The van der Waals surface area contributed by atoms with Crippen molar-refractivity contribution in [3.8, 4) is 0 Å². The fourth-order valence-electron chi connectivity index (χ4n) is 1.52. The van der Waals surface area contributed by atoms with Gasteiger partial charge in [0.2, 0.25) is 5.91 Å². The molecule has 0 aliphatic heterocycles. The Balaban J connectivity index is 3.95. The van der Waals surface area contributed by atoms with Crippen molar-refractivity contribution >= 4 is 17.9 Å². The highest BCUT2D eigenvalue weighted by Gasteiger charge is 2.14. The van der Waals surface area contributed by atoms with Crippen LogP contribution in [0.5, 0.6) is 0 Å². The first-order valence-electron chi connectivity index (χ1n) is 6.72. The summed E-state index contributed by atoms with van der Waals surface area (Å²) in [5.41, 5.74) is 0. The average Bonchev–Trinajstić information content (AvgIpc) is 2.31. The smallest absolute Gasteiger partial charge is 0.317 e. The topological polar surface area (TPSA) is 98.7 Å². The van der Waals surface area contributed by atoms with Crippen molar-refractivity contribution in [1.82, 2.24) is 15.5 Å². The Morgan fingerprint density at radius 3 is 2.30 bits per heavy atom. The molecule has 0 rings (SSSR count). The molecule has 0 aromatic carbocycles. The van der Waals surface area contributed by atoms with Crippen LogP contribution in [0.25, 0.3) is 0 Å². The minimum atomic E-state index is -0.842. The number of nitrogens with zero attached hydrogens (tertiary/aromatic N) is 1. The van der Waals surface area contributed by atoms with Crippen molar-refractivity contribution in [2.75, 3.05) is 20.1 Å². The fraction of sp³-hybridized carbons (Fsp3) is 0.769. The van der Waals surface area contributed by atoms with Gasteiger partial charge in [-0.1, -0.05) is 6.92 Å². The molecule has 0 heterocycles. The van der Waals surface area contributed by atoms with E-state index in [-0.39, 0.29) is 36.9 Å². The molecule has 3 amide bonds. The Bertz CT molecular complexity index is 345. The zero-order valence-corrected chi connectivity index (χ0v) is 12.6. The molecule has 0 aromatic rings. The van der Waals surface area contributed by atoms with E-state index in [1.54, 1.807) is 0 Å². The van der Waals surface area contributed by atoms with Gasteiger partial charge in [-0.3, -0.25) is 9.59 Å². The lowest BCUT2D eigenvalue weighted by Crippen LogP contribution is -2.45. The summed E-state index contributed by atoms with van der Waals surface area (Å²) in [5.74, 6) is -0.977. The minimum absolute atomic E-state index is 0.00643. The number of carboxylic acid groups (broad SMARTS) is 1. The molecule has 1 unspecified atom stereocenters. The summed E-state index contributed by atoms with van der Waals surface area (Å²) >= 11 is 0. The lowest BCUT2D eigenvalue weighted by atomic mass is 10.1. The van der Waals surface area contributed by atoms with Crippen LogP contribution in [0.4, 0.5) is 4.79 Å². The highest BCUT2D eigenvalue weighted by Crippen LogP contribution is 2.03. The number of likely N-dealkylation sites (N-methyl/N-ethyl adjacent to an activating group) is 1. The molecule has 20 heavy (non-hydrogen) atoms. The summed E-state index contributed by atoms with van der Waals surface area (Å²) in [7, 11) is 1.54. The molecule has 3 N–H and O–H groups in total. The SMILES string of the molecule is CC(CCC(=O)O)CNC(=O)N(C)CC(=O)NC(C)C. The van der Waals surface area contributed by atoms with E-state index < -0.39 is 5.97 Å². The van der Waals surface area contributed by atoms with E-state index in [4.69, 9.17) is 5.11 Å². The van der Waals surface area contributed by atoms with Crippen LogP contribution in [-0.4, -0.2) is 54.1 Å². The number of nitrogens with one attached hydrogen (secondary N) is 2. The number of hydrogen-bond acceptors (Lipinski definition) is 3. The van der Waals surface area contributed by atoms with Gasteiger partial charge >= 0.3 is 12.0 Å². The molecule has 0 aliphatic carbocycles. The molecule has 7 nitrogen and oxygen atoms in total. The third kappa shape index (κ3) is 9.18. The zero-order valence-electron chi connectivity index (χ0n) is 12.6. The molecular formula is C13H25N3O4. The number of rotatable bonds is 8. The summed E-state index contributed by atoms with van der Waals surface area (Å²) < 4.78 is 0. The summed E-state index contributed by atoms with van der Waals surface area (Å²) in [6, 6.07) is -0.305. The molecular weight excluding hydrogens is 262 g/mol. The number of hydrogen-bond donors (Lipinski definition) is 3. The van der Waals surface area contributed by atoms with Gasteiger partial charge in [-0.05, 0) is 26.2 Å². The number of carboxylic acids is 1. The first-order valence-corrected chi connectivity index (χ1v) is 6.72. The van der Waals surface area contributed by atoms with Gasteiger partial charge in [-0.25, -0.2) is 4.79 Å². The second-order valence-corrected chi connectivity index (χ2v) is 5.30. The van der Waals surface area contributed by atoms with Crippen molar-refractivity contribution in [3.63, 3.8) is 0 Å². The number of amides is 3. The summed E-state index contributed by atoms with van der Waals surface area (Å²) in [6.07, 6.45) is 0.594. The fourth-order valence-corrected chi connectivity index (χ4v) is 1.52. The Morgan fingerprint density at radius 2 is 1.80 bits per heavy atom. The lowest BCUT2D eigenvalue weighted by Gasteiger charge is -2.20. The van der Waals surface area contributed by atoms with Gasteiger partial charge in [-0.2, -0.15) is 0 Å². The highest BCUT2D eigenvalue weighted by atomic mass is 16.4. The molecule has 7 heteroatoms. The minimum Gasteiger partial charge on any atom is -0.481 e. The molecule has 0 aromatic heterocycles. The molecule has 0 saturated heterocycles. The van der Waals surface area contributed by atoms with Gasteiger partial charge < -0.3 is 20.6 Å². The summed E-state index contributed by atoms with van der Waals surface area (Å²) in [6.45, 7) is 5.95. The molecule has 0 fully saturated rings. The second-order valence-electron chi connectivity index (χ2n) is 5.30. The van der Waals surface area contributed by atoms with E-state index in [2.05, 4.69) is 10.6 Å². The van der Waals surface area contributed by atoms with Crippen molar-refractivity contribution in [2.45, 2.75) is 39.7 Å². The maximum atomic E-state index is 11.7. The zero-order chi connectivity index (χ0) is 15.7. The maximum absolute atomic E-state index is 11.7. The third-order valence-electron chi connectivity index (χ3n) is 2.63. The summed E-state index contributed by atoms with van der Waals surface area (Å²) in [4.78, 5) is 34.9. The van der Waals surface area contributed by atoms with E-state index in [0.29, 0.717) is 13.0 Å². The van der Waals surface area contributed by atoms with Gasteiger partial charge in [0.25, 0.3) is 0 Å². The molecule has 0 spiro atoms. The van der Waals surface area contributed by atoms with Crippen LogP contribution in [0.15, 0.2) is 0 Å². The Morgan fingerprint density at radius 1 is 1.20 bits per heavy atom.